The van der Waals surface area contributed by atoms with Gasteiger partial charge in [-0.3, -0.25) is 29.5 Å². The number of carbonyl (C=O) groups is 2. The van der Waals surface area contributed by atoms with Crippen molar-refractivity contribution < 1.29 is 14.3 Å². The van der Waals surface area contributed by atoms with Crippen LogP contribution in [0.4, 0.5) is 11.4 Å². The smallest absolute Gasteiger partial charge is 0.257 e. The van der Waals surface area contributed by atoms with Crippen molar-refractivity contribution >= 4 is 35.6 Å². The number of anilines is 2. The van der Waals surface area contributed by atoms with Crippen LogP contribution in [-0.4, -0.2) is 76.2 Å². The molecular weight excluding hydrogens is 532 g/mol. The molecule has 0 aliphatic carbocycles. The summed E-state index contributed by atoms with van der Waals surface area (Å²) in [7, 11) is 0. The molecule has 1 saturated heterocycles. The zero-order valence-electron chi connectivity index (χ0n) is 25.1. The number of hydrogen-bond donors (Lipinski definition) is 2. The molecule has 0 saturated carbocycles. The van der Waals surface area contributed by atoms with Crippen LogP contribution in [0.3, 0.4) is 0 Å². The molecule has 11 nitrogen and oxygen atoms in total. The Morgan fingerprint density at radius 2 is 1.83 bits per heavy atom. The minimum Gasteiger partial charge on any atom is -0.478 e. The third-order valence-corrected chi connectivity index (χ3v) is 7.30. The number of ether oxygens (including phenoxy) is 1. The first-order valence-electron chi connectivity index (χ1n) is 14.7. The zero-order chi connectivity index (χ0) is 29.9. The van der Waals surface area contributed by atoms with E-state index < -0.39 is 0 Å². The lowest BCUT2D eigenvalue weighted by Gasteiger charge is -2.25. The van der Waals surface area contributed by atoms with Gasteiger partial charge in [-0.15, -0.1) is 0 Å². The summed E-state index contributed by atoms with van der Waals surface area (Å²) in [5, 5.41) is 9.96. The number of amides is 2. The van der Waals surface area contributed by atoms with Crippen LogP contribution in [0.5, 0.6) is 5.88 Å². The van der Waals surface area contributed by atoms with Crippen LogP contribution in [0.1, 0.15) is 57.2 Å². The Hall–Kier alpha value is -4.12. The molecule has 3 aliphatic heterocycles. The number of rotatable bonds is 6. The molecule has 2 aromatic heterocycles. The maximum atomic E-state index is 13.0. The first kappa shape index (κ1) is 30.8. The van der Waals surface area contributed by atoms with Crippen molar-refractivity contribution in [1.82, 2.24) is 19.7 Å². The third kappa shape index (κ3) is 8.69. The Balaban J connectivity index is 0.000000337. The number of allylic oxidation sites excluding steroid dienone is 1. The van der Waals surface area contributed by atoms with Crippen molar-refractivity contribution in [2.24, 2.45) is 9.98 Å². The molecule has 1 fully saturated rings. The molecule has 1 atom stereocenters. The quantitative estimate of drug-likeness (QED) is 0.524. The summed E-state index contributed by atoms with van der Waals surface area (Å²) in [6, 6.07) is 1.71. The van der Waals surface area contributed by atoms with Crippen LogP contribution in [0, 0.1) is 13.8 Å². The van der Waals surface area contributed by atoms with E-state index in [0.717, 1.165) is 63.4 Å². The predicted octanol–water partition coefficient (Wildman–Crippen LogP) is 4.49. The highest BCUT2D eigenvalue weighted by Gasteiger charge is 2.17. The minimum absolute atomic E-state index is 0.0253. The van der Waals surface area contributed by atoms with Gasteiger partial charge in [-0.05, 0) is 70.8 Å². The van der Waals surface area contributed by atoms with Gasteiger partial charge in [0.2, 0.25) is 11.8 Å². The van der Waals surface area contributed by atoms with Gasteiger partial charge in [-0.25, -0.2) is 4.68 Å². The van der Waals surface area contributed by atoms with E-state index in [0.29, 0.717) is 34.8 Å². The summed E-state index contributed by atoms with van der Waals surface area (Å²) < 4.78 is 7.31. The molecular formula is C31H42N8O3. The number of aromatic nitrogens is 3. The fraction of sp³-hybridized carbons (Fsp3) is 0.484. The number of aryl methyl sites for hydroxylation is 3. The van der Waals surface area contributed by atoms with Crippen molar-refractivity contribution in [2.75, 3.05) is 36.9 Å². The fourth-order valence-corrected chi connectivity index (χ4v) is 4.81. The van der Waals surface area contributed by atoms with Gasteiger partial charge < -0.3 is 15.4 Å². The van der Waals surface area contributed by atoms with E-state index in [9.17, 15) is 9.59 Å². The molecule has 224 valence electrons. The van der Waals surface area contributed by atoms with Gasteiger partial charge >= 0.3 is 0 Å². The van der Waals surface area contributed by atoms with E-state index >= 15 is 0 Å². The minimum atomic E-state index is -0.295. The summed E-state index contributed by atoms with van der Waals surface area (Å²) in [5.74, 6) is 0.577. The molecule has 11 heteroatoms. The molecule has 2 aromatic rings. The van der Waals surface area contributed by atoms with Crippen LogP contribution >= 0.6 is 0 Å². The number of likely N-dealkylation sites (tertiary alicyclic amines) is 1. The van der Waals surface area contributed by atoms with Gasteiger partial charge in [-0.1, -0.05) is 13.3 Å². The molecule has 0 radical (unpaired) electrons. The van der Waals surface area contributed by atoms with E-state index in [1.165, 1.54) is 6.42 Å². The Morgan fingerprint density at radius 3 is 2.60 bits per heavy atom. The maximum Gasteiger partial charge on any atom is 0.257 e. The summed E-state index contributed by atoms with van der Waals surface area (Å²) in [4.78, 5) is 40.7. The van der Waals surface area contributed by atoms with E-state index in [2.05, 4.69) is 35.6 Å². The highest BCUT2D eigenvalue weighted by Crippen LogP contribution is 2.21. The summed E-state index contributed by atoms with van der Waals surface area (Å²) in [6.45, 7) is 11.8. The highest BCUT2D eigenvalue weighted by atomic mass is 16.5. The van der Waals surface area contributed by atoms with E-state index in [1.54, 1.807) is 30.9 Å². The van der Waals surface area contributed by atoms with Gasteiger partial charge in [0.25, 0.3) is 5.91 Å². The van der Waals surface area contributed by atoms with Crippen molar-refractivity contribution in [3.8, 4) is 5.88 Å². The maximum absolute atomic E-state index is 13.0. The van der Waals surface area contributed by atoms with Crippen molar-refractivity contribution in [1.29, 1.82) is 0 Å². The van der Waals surface area contributed by atoms with Gasteiger partial charge in [-0.2, -0.15) is 5.10 Å². The van der Waals surface area contributed by atoms with Crippen LogP contribution in [0.25, 0.3) is 0 Å². The van der Waals surface area contributed by atoms with Crippen LogP contribution < -0.4 is 15.4 Å². The number of hydrogen-bond acceptors (Lipinski definition) is 8. The molecule has 1 unspecified atom stereocenters. The van der Waals surface area contributed by atoms with Gasteiger partial charge in [0.15, 0.2) is 0 Å². The third-order valence-electron chi connectivity index (χ3n) is 7.30. The molecule has 5 rings (SSSR count). The highest BCUT2D eigenvalue weighted by molar-refractivity contribution is 6.21. The number of fused-ring (bicyclic) bond motifs is 1. The lowest BCUT2D eigenvalue weighted by atomic mass is 10.1. The van der Waals surface area contributed by atoms with Gasteiger partial charge in [0, 0.05) is 37.2 Å². The number of carbonyl (C=O) groups excluding carboxylic acids is 2. The second kappa shape index (κ2) is 15.2. The largest absolute Gasteiger partial charge is 0.478 e. The summed E-state index contributed by atoms with van der Waals surface area (Å²) in [5.41, 5.74) is 4.05. The van der Waals surface area contributed by atoms with E-state index in [4.69, 9.17) is 4.74 Å². The van der Waals surface area contributed by atoms with Gasteiger partial charge in [0.1, 0.15) is 0 Å². The first-order valence-corrected chi connectivity index (χ1v) is 14.7. The Labute approximate surface area is 247 Å². The topological polar surface area (TPSA) is 126 Å². The molecule has 2 N–H and O–H groups in total. The normalized spacial score (nSPS) is 21.8. The number of piperidine rings is 1. The average Bonchev–Trinajstić information content (AvgIpc) is 3.40. The standard InChI is InChI=1S/C24H32N6O2.C7H10N2O/c1-4-19-8-9-25-13-17(2)21(15-27-19)24(32)29-22-12-20(14-26-18(22)3)28-23(31)16-30-10-6-5-7-11-30;1-6-5-8-9-3-2-4-10-7(6)9/h8-9,12-15,19H,4-7,10-11,16H2,1-3H3,(H,28,31)(H,29,32);5H,2-4H2,1H3/b9-8-,21-17-,25-13-,27-15?;. The lowest BCUT2D eigenvalue weighted by Crippen LogP contribution is -2.36. The van der Waals surface area contributed by atoms with E-state index in [-0.39, 0.29) is 17.9 Å². The van der Waals surface area contributed by atoms with Crippen molar-refractivity contribution in [2.45, 2.75) is 72.4 Å². The number of nitrogens with zero attached hydrogens (tertiary/aromatic N) is 6. The van der Waals surface area contributed by atoms with Gasteiger partial charge in [0.05, 0.1) is 54.2 Å². The van der Waals surface area contributed by atoms with Crippen LogP contribution in [0.15, 0.2) is 51.9 Å². The first-order chi connectivity index (χ1) is 20.3. The molecule has 0 bridgehead atoms. The Kier molecular flexibility index (Phi) is 11.2. The zero-order valence-corrected chi connectivity index (χ0v) is 25.1. The molecule has 0 aromatic carbocycles. The molecule has 3 aliphatic rings. The SMILES string of the molecule is CCC1\C=C/N=C\C(C)=C(/C(=O)Nc2cc(NC(=O)CN3CCCCC3)cnc2C)C=N1.Cc1cnn2c1OCCC2. The van der Waals surface area contributed by atoms with Crippen LogP contribution in [-0.2, 0) is 16.1 Å². The Morgan fingerprint density at radius 1 is 1.02 bits per heavy atom. The molecule has 2 amide bonds. The summed E-state index contributed by atoms with van der Waals surface area (Å²) in [6.07, 6.45) is 15.7. The number of aliphatic imine (C=N–C) groups is 2. The second-order valence-corrected chi connectivity index (χ2v) is 10.7. The van der Waals surface area contributed by atoms with E-state index in [1.807, 2.05) is 44.6 Å². The monoisotopic (exact) mass is 574 g/mol. The number of pyridine rings is 1. The second-order valence-electron chi connectivity index (χ2n) is 10.7. The van der Waals surface area contributed by atoms with Crippen molar-refractivity contribution in [3.63, 3.8) is 0 Å². The average molecular weight is 575 g/mol. The lowest BCUT2D eigenvalue weighted by molar-refractivity contribution is -0.117. The molecule has 42 heavy (non-hydrogen) atoms. The summed E-state index contributed by atoms with van der Waals surface area (Å²) >= 11 is 0. The van der Waals surface area contributed by atoms with Crippen LogP contribution in [0.2, 0.25) is 0 Å². The molecule has 0 spiro atoms. The molecule has 5 heterocycles. The Bertz CT molecular complexity index is 1370. The fourth-order valence-electron chi connectivity index (χ4n) is 4.81. The number of nitrogens with one attached hydrogen (secondary N) is 2. The predicted molar refractivity (Wildman–Crippen MR) is 167 cm³/mol. The van der Waals surface area contributed by atoms with Crippen molar-refractivity contribution in [3.05, 3.63) is 53.1 Å².